The van der Waals surface area contributed by atoms with Crippen LogP contribution in [0.25, 0.3) is 0 Å². The highest BCUT2D eigenvalue weighted by molar-refractivity contribution is 8.00. The summed E-state index contributed by atoms with van der Waals surface area (Å²) in [6, 6.07) is 1.29. The molecule has 15 heavy (non-hydrogen) atoms. The molecule has 0 aliphatic carbocycles. The molecule has 0 amide bonds. The van der Waals surface area contributed by atoms with Crippen LogP contribution in [0.1, 0.15) is 13.8 Å². The topological polar surface area (TPSA) is 83.0 Å². The van der Waals surface area contributed by atoms with Crippen LogP contribution in [0.15, 0.2) is 22.2 Å². The molecule has 0 radical (unpaired) electrons. The van der Waals surface area contributed by atoms with Gasteiger partial charge in [0.15, 0.2) is 0 Å². The number of aromatic nitrogens is 2. The summed E-state index contributed by atoms with van der Waals surface area (Å²) in [5.74, 6) is -0.911. The van der Waals surface area contributed by atoms with Gasteiger partial charge in [-0.15, -0.1) is 0 Å². The number of aliphatic carboxylic acids is 1. The first-order valence-electron chi connectivity index (χ1n) is 4.45. The van der Waals surface area contributed by atoms with Crippen molar-refractivity contribution in [3.63, 3.8) is 0 Å². The van der Waals surface area contributed by atoms with Crippen molar-refractivity contribution >= 4 is 17.7 Å². The second kappa shape index (κ2) is 4.97. The van der Waals surface area contributed by atoms with Crippen LogP contribution < -0.4 is 5.56 Å². The van der Waals surface area contributed by atoms with Gasteiger partial charge in [-0.05, 0) is 5.92 Å². The number of carboxylic acid groups (broad SMARTS) is 1. The van der Waals surface area contributed by atoms with Gasteiger partial charge in [0.25, 0.3) is 5.56 Å². The Kier molecular flexibility index (Phi) is 3.90. The van der Waals surface area contributed by atoms with Crippen LogP contribution in [-0.4, -0.2) is 26.3 Å². The number of hydrogen-bond acceptors (Lipinski definition) is 4. The Labute approximate surface area is 90.9 Å². The Morgan fingerprint density at radius 3 is 2.73 bits per heavy atom. The molecule has 5 nitrogen and oxygen atoms in total. The second-order valence-electron chi connectivity index (χ2n) is 3.37. The molecule has 1 unspecified atom stereocenters. The standard InChI is InChI=1S/C9H12N2O3S/c1-5(2)8(9(13)14)15-7-3-6(12)10-4-11-7/h3-5,8H,1-2H3,(H,13,14)(H,10,11,12). The molecule has 0 bridgehead atoms. The van der Waals surface area contributed by atoms with Gasteiger partial charge in [0, 0.05) is 6.07 Å². The maximum atomic E-state index is 11.0. The number of carboxylic acids is 1. The third-order valence-corrected chi connectivity index (χ3v) is 3.21. The molecule has 6 heteroatoms. The lowest BCUT2D eigenvalue weighted by Crippen LogP contribution is -2.22. The molecule has 0 fully saturated rings. The van der Waals surface area contributed by atoms with Crippen LogP contribution in [0.2, 0.25) is 0 Å². The van der Waals surface area contributed by atoms with E-state index in [1.807, 2.05) is 13.8 Å². The van der Waals surface area contributed by atoms with Crippen LogP contribution in [0.3, 0.4) is 0 Å². The Bertz CT molecular complexity index is 402. The normalized spacial score (nSPS) is 12.7. The van der Waals surface area contributed by atoms with E-state index in [0.29, 0.717) is 5.03 Å². The van der Waals surface area contributed by atoms with Crippen molar-refractivity contribution in [1.29, 1.82) is 0 Å². The highest BCUT2D eigenvalue weighted by atomic mass is 32.2. The van der Waals surface area contributed by atoms with Crippen molar-refractivity contribution < 1.29 is 9.90 Å². The summed E-state index contributed by atoms with van der Waals surface area (Å²) in [4.78, 5) is 28.1. The van der Waals surface area contributed by atoms with E-state index in [4.69, 9.17) is 5.11 Å². The number of thioether (sulfide) groups is 1. The fraction of sp³-hybridized carbons (Fsp3) is 0.444. The van der Waals surface area contributed by atoms with E-state index in [1.165, 1.54) is 12.4 Å². The Balaban J connectivity index is 2.83. The molecule has 82 valence electrons. The summed E-state index contributed by atoms with van der Waals surface area (Å²) in [6.45, 7) is 3.64. The van der Waals surface area contributed by atoms with Gasteiger partial charge >= 0.3 is 5.97 Å². The monoisotopic (exact) mass is 228 g/mol. The molecule has 0 saturated carbocycles. The van der Waals surface area contributed by atoms with Crippen molar-refractivity contribution in [2.24, 2.45) is 5.92 Å². The number of nitrogens with one attached hydrogen (secondary N) is 1. The van der Waals surface area contributed by atoms with E-state index in [1.54, 1.807) is 0 Å². The molecule has 1 heterocycles. The molecule has 1 atom stereocenters. The Morgan fingerprint density at radius 2 is 2.27 bits per heavy atom. The molecule has 1 aromatic rings. The Morgan fingerprint density at radius 1 is 1.60 bits per heavy atom. The minimum absolute atomic E-state index is 0.0198. The van der Waals surface area contributed by atoms with Gasteiger partial charge in [-0.1, -0.05) is 25.6 Å². The van der Waals surface area contributed by atoms with Crippen LogP contribution in [0.5, 0.6) is 0 Å². The zero-order valence-corrected chi connectivity index (χ0v) is 9.25. The highest BCUT2D eigenvalue weighted by Gasteiger charge is 2.23. The van der Waals surface area contributed by atoms with Crippen molar-refractivity contribution in [2.75, 3.05) is 0 Å². The predicted octanol–water partition coefficient (Wildman–Crippen LogP) is 0.971. The maximum Gasteiger partial charge on any atom is 0.317 e. The van der Waals surface area contributed by atoms with Crippen LogP contribution >= 0.6 is 11.8 Å². The fourth-order valence-electron chi connectivity index (χ4n) is 1.02. The van der Waals surface area contributed by atoms with E-state index in [-0.39, 0.29) is 11.5 Å². The van der Waals surface area contributed by atoms with E-state index in [9.17, 15) is 9.59 Å². The quantitative estimate of drug-likeness (QED) is 0.592. The molecular formula is C9H12N2O3S. The van der Waals surface area contributed by atoms with Gasteiger partial charge in [0.05, 0.1) is 6.33 Å². The molecule has 0 spiro atoms. The smallest absolute Gasteiger partial charge is 0.317 e. The molecular weight excluding hydrogens is 216 g/mol. The SMILES string of the molecule is CC(C)C(Sc1cc(=O)[nH]cn1)C(=O)O. The van der Waals surface area contributed by atoms with Crippen molar-refractivity contribution in [3.8, 4) is 0 Å². The maximum absolute atomic E-state index is 11.0. The zero-order chi connectivity index (χ0) is 11.4. The second-order valence-corrected chi connectivity index (χ2v) is 4.53. The number of aromatic amines is 1. The summed E-state index contributed by atoms with van der Waals surface area (Å²) in [7, 11) is 0. The van der Waals surface area contributed by atoms with Gasteiger partial charge in [-0.2, -0.15) is 0 Å². The summed E-state index contributed by atoms with van der Waals surface area (Å²) < 4.78 is 0. The van der Waals surface area contributed by atoms with Gasteiger partial charge in [-0.25, -0.2) is 4.98 Å². The molecule has 1 aromatic heterocycles. The number of rotatable bonds is 4. The van der Waals surface area contributed by atoms with Gasteiger partial charge < -0.3 is 10.1 Å². The van der Waals surface area contributed by atoms with Crippen LogP contribution in [0.4, 0.5) is 0 Å². The lowest BCUT2D eigenvalue weighted by atomic mass is 10.1. The first kappa shape index (κ1) is 11.8. The van der Waals surface area contributed by atoms with Gasteiger partial charge in [0.1, 0.15) is 10.3 Å². The van der Waals surface area contributed by atoms with E-state index < -0.39 is 11.2 Å². The predicted molar refractivity (Wildman–Crippen MR) is 57.0 cm³/mol. The molecule has 0 aliphatic heterocycles. The third-order valence-electron chi connectivity index (χ3n) is 1.75. The van der Waals surface area contributed by atoms with E-state index in [2.05, 4.69) is 9.97 Å². The molecule has 2 N–H and O–H groups in total. The van der Waals surface area contributed by atoms with E-state index >= 15 is 0 Å². The van der Waals surface area contributed by atoms with Gasteiger partial charge in [-0.3, -0.25) is 9.59 Å². The lowest BCUT2D eigenvalue weighted by molar-refractivity contribution is -0.137. The summed E-state index contributed by atoms with van der Waals surface area (Å²) in [6.07, 6.45) is 1.27. The average Bonchev–Trinajstić information content (AvgIpc) is 2.13. The first-order chi connectivity index (χ1) is 7.00. The van der Waals surface area contributed by atoms with E-state index in [0.717, 1.165) is 11.8 Å². The molecule has 0 saturated heterocycles. The molecule has 1 rings (SSSR count). The molecule has 0 aromatic carbocycles. The fourth-order valence-corrected chi connectivity index (χ4v) is 1.94. The Hall–Kier alpha value is -1.30. The van der Waals surface area contributed by atoms with Crippen LogP contribution in [-0.2, 0) is 4.79 Å². The number of nitrogens with zero attached hydrogens (tertiary/aromatic N) is 1. The number of carbonyl (C=O) groups is 1. The number of hydrogen-bond donors (Lipinski definition) is 2. The number of H-pyrrole nitrogens is 1. The van der Waals surface area contributed by atoms with Crippen molar-refractivity contribution in [1.82, 2.24) is 9.97 Å². The highest BCUT2D eigenvalue weighted by Crippen LogP contribution is 2.25. The van der Waals surface area contributed by atoms with Gasteiger partial charge in [0.2, 0.25) is 0 Å². The van der Waals surface area contributed by atoms with Crippen LogP contribution in [0, 0.1) is 5.92 Å². The van der Waals surface area contributed by atoms with Crippen molar-refractivity contribution in [3.05, 3.63) is 22.7 Å². The largest absolute Gasteiger partial charge is 0.480 e. The van der Waals surface area contributed by atoms with Crippen molar-refractivity contribution in [2.45, 2.75) is 24.1 Å². The minimum atomic E-state index is -0.892. The lowest BCUT2D eigenvalue weighted by Gasteiger charge is -2.14. The summed E-state index contributed by atoms with van der Waals surface area (Å²) >= 11 is 1.09. The summed E-state index contributed by atoms with van der Waals surface area (Å²) in [5.41, 5.74) is -0.277. The first-order valence-corrected chi connectivity index (χ1v) is 5.33. The average molecular weight is 228 g/mol. The minimum Gasteiger partial charge on any atom is -0.480 e. The third kappa shape index (κ3) is 3.39. The molecule has 0 aliphatic rings. The zero-order valence-electron chi connectivity index (χ0n) is 8.43. The summed E-state index contributed by atoms with van der Waals surface area (Å²) in [5, 5.41) is 8.79.